The van der Waals surface area contributed by atoms with Crippen LogP contribution in [0.4, 0.5) is 4.79 Å². The third-order valence-electron chi connectivity index (χ3n) is 10.8. The molecule has 2 fully saturated rings. The Hall–Kier alpha value is -3.92. The summed E-state index contributed by atoms with van der Waals surface area (Å²) in [7, 11) is 1.70. The van der Waals surface area contributed by atoms with E-state index in [2.05, 4.69) is 53.4 Å². The van der Waals surface area contributed by atoms with Gasteiger partial charge in [-0.3, -0.25) is 14.8 Å². The van der Waals surface area contributed by atoms with E-state index >= 15 is 0 Å². The number of aromatic nitrogens is 3. The predicted molar refractivity (Wildman–Crippen MR) is 226 cm³/mol. The molecule has 0 bridgehead atoms. The molecule has 3 N–H and O–H groups in total. The lowest BCUT2D eigenvalue weighted by atomic mass is 9.84. The number of nitrogens with zero attached hydrogens (tertiary/aromatic N) is 4. The summed E-state index contributed by atoms with van der Waals surface area (Å²) in [6, 6.07) is 9.77. The number of ether oxygens (including phenoxy) is 4. The number of rotatable bonds is 15. The number of hydrazine groups is 1. The maximum Gasteiger partial charge on any atom is 0.408 e. The molecule has 1 aromatic carbocycles. The number of aliphatic hydroxyl groups is 1. The molecule has 3 aromatic heterocycles. The number of hydrogen-bond acceptors (Lipinski definition) is 11. The van der Waals surface area contributed by atoms with Crippen LogP contribution >= 0.6 is 11.3 Å². The molecule has 13 nitrogen and oxygen atoms in total. The summed E-state index contributed by atoms with van der Waals surface area (Å²) in [5.41, 5.74) is 8.82. The Bertz CT molecular complexity index is 2020. The van der Waals surface area contributed by atoms with Crippen molar-refractivity contribution in [2.75, 3.05) is 40.1 Å². The zero-order chi connectivity index (χ0) is 41.6. The molecule has 4 aromatic rings. The Kier molecular flexibility index (Phi) is 14.3. The lowest BCUT2D eigenvalue weighted by Crippen LogP contribution is -2.58. The van der Waals surface area contributed by atoms with Crippen molar-refractivity contribution in [1.29, 1.82) is 0 Å². The van der Waals surface area contributed by atoms with Crippen molar-refractivity contribution in [2.45, 2.75) is 123 Å². The number of alkyl carbamates (subject to hydrolysis) is 1. The normalized spacial score (nSPS) is 18.0. The summed E-state index contributed by atoms with van der Waals surface area (Å²) in [6.45, 7) is 16.7. The second-order valence-electron chi connectivity index (χ2n) is 17.4. The van der Waals surface area contributed by atoms with E-state index in [0.717, 1.165) is 70.4 Å². The number of fused-ring (bicyclic) bond motifs is 1. The van der Waals surface area contributed by atoms with Crippen molar-refractivity contribution >= 4 is 34.2 Å². The quantitative estimate of drug-likeness (QED) is 0.112. The maximum absolute atomic E-state index is 13.9. The second kappa shape index (κ2) is 19.0. The molecule has 3 atom stereocenters. The van der Waals surface area contributed by atoms with E-state index in [9.17, 15) is 14.7 Å². The fraction of sp³-hybridized carbons (Fsp3) is 0.591. The second-order valence-corrected chi connectivity index (χ2v) is 18.3. The number of hydrogen-bond donors (Lipinski definition) is 3. The maximum atomic E-state index is 13.9. The number of methoxy groups -OCH3 is 1. The highest BCUT2D eigenvalue weighted by Gasteiger charge is 2.32. The van der Waals surface area contributed by atoms with Gasteiger partial charge in [-0.15, -0.1) is 11.3 Å². The van der Waals surface area contributed by atoms with Crippen molar-refractivity contribution in [3.05, 3.63) is 58.2 Å². The van der Waals surface area contributed by atoms with E-state index in [-0.39, 0.29) is 37.2 Å². The molecule has 0 saturated carbocycles. The number of amides is 2. The average molecular weight is 819 g/mol. The highest BCUT2D eigenvalue weighted by Crippen LogP contribution is 2.42. The van der Waals surface area contributed by atoms with E-state index in [1.165, 1.54) is 11.3 Å². The van der Waals surface area contributed by atoms with Crippen LogP contribution in [0.1, 0.15) is 96.5 Å². The lowest BCUT2D eigenvalue weighted by Gasteiger charge is -2.34. The molecular formula is C44H62N6O7S. The number of carbonyl (C=O) groups excluding carboxylic acids is 2. The Morgan fingerprint density at radius 1 is 1.14 bits per heavy atom. The van der Waals surface area contributed by atoms with Gasteiger partial charge in [0, 0.05) is 86.1 Å². The first-order chi connectivity index (χ1) is 27.7. The van der Waals surface area contributed by atoms with Crippen LogP contribution in [0.15, 0.2) is 41.9 Å². The Balaban J connectivity index is 1.39. The monoisotopic (exact) mass is 818 g/mol. The van der Waals surface area contributed by atoms with Crippen LogP contribution in [0.25, 0.3) is 33.4 Å². The standard InChI is InChI=1S/C44H62N6O7S/c1-28-11-10-18-50(48-28)41(52)35(47-42(53)57-43(3,4)5)24-38-46-36(26-58-38)30-13-14-37-33(23-30)34(25-44(6,7)27-51)40(32-12-9-17-45-39(32)29(2)54-8)49(37)19-22-56-31-15-20-55-21-16-31/h9,12-14,17,23,26,28-29,31,35,48,51H,10-11,15-16,18-22,24-25,27H2,1-8H3,(H,47,53)/t28?,29-,35-/m0/s1. The zero-order valence-corrected chi connectivity index (χ0v) is 36.2. The average Bonchev–Trinajstić information content (AvgIpc) is 3.78. The highest BCUT2D eigenvalue weighted by molar-refractivity contribution is 7.10. The van der Waals surface area contributed by atoms with Gasteiger partial charge < -0.3 is 33.9 Å². The van der Waals surface area contributed by atoms with Gasteiger partial charge in [0.15, 0.2) is 0 Å². The molecule has 2 amide bonds. The molecule has 2 aliphatic rings. The summed E-state index contributed by atoms with van der Waals surface area (Å²) < 4.78 is 25.7. The van der Waals surface area contributed by atoms with Crippen LogP contribution in [0.3, 0.4) is 0 Å². The van der Waals surface area contributed by atoms with Gasteiger partial charge in [-0.1, -0.05) is 19.9 Å². The van der Waals surface area contributed by atoms with Gasteiger partial charge in [-0.2, -0.15) is 0 Å². The number of aliphatic hydroxyl groups excluding tert-OH is 1. The van der Waals surface area contributed by atoms with Crippen molar-refractivity contribution in [3.8, 4) is 22.5 Å². The Morgan fingerprint density at radius 3 is 2.62 bits per heavy atom. The van der Waals surface area contributed by atoms with Crippen LogP contribution in [0.2, 0.25) is 0 Å². The van der Waals surface area contributed by atoms with Crippen LogP contribution in [0.5, 0.6) is 0 Å². The molecule has 58 heavy (non-hydrogen) atoms. The summed E-state index contributed by atoms with van der Waals surface area (Å²) in [5.74, 6) is -0.223. The third kappa shape index (κ3) is 10.8. The molecule has 1 unspecified atom stereocenters. The molecular weight excluding hydrogens is 757 g/mol. The molecule has 0 spiro atoms. The first kappa shape index (κ1) is 43.7. The first-order valence-electron chi connectivity index (χ1n) is 20.6. The first-order valence-corrected chi connectivity index (χ1v) is 21.5. The van der Waals surface area contributed by atoms with Crippen molar-refractivity contribution < 1.29 is 33.6 Å². The Labute approximate surface area is 346 Å². The van der Waals surface area contributed by atoms with Gasteiger partial charge in [0.2, 0.25) is 0 Å². The minimum absolute atomic E-state index is 0.0125. The number of benzene rings is 1. The fourth-order valence-corrected chi connectivity index (χ4v) is 8.57. The molecule has 6 rings (SSSR count). The lowest BCUT2D eigenvalue weighted by molar-refractivity contribution is -0.139. The van der Waals surface area contributed by atoms with Gasteiger partial charge in [0.05, 0.1) is 40.9 Å². The van der Waals surface area contributed by atoms with Crippen LogP contribution in [0, 0.1) is 5.41 Å². The number of carbonyl (C=O) groups is 2. The van der Waals surface area contributed by atoms with Crippen LogP contribution < -0.4 is 10.7 Å². The summed E-state index contributed by atoms with van der Waals surface area (Å²) in [6.07, 6.45) is 5.49. The van der Waals surface area contributed by atoms with E-state index in [4.69, 9.17) is 28.9 Å². The fourth-order valence-electron chi connectivity index (χ4n) is 7.72. The highest BCUT2D eigenvalue weighted by atomic mass is 32.1. The summed E-state index contributed by atoms with van der Waals surface area (Å²) >= 11 is 1.46. The minimum atomic E-state index is -0.871. The largest absolute Gasteiger partial charge is 0.444 e. The SMILES string of the molecule is CO[C@@H](C)c1ncccc1-c1c(CC(C)(C)CO)c2cc(-c3csc(C[C@H](NC(=O)OC(C)(C)C)C(=O)N4CCCC(C)N4)n3)ccc2n1CCOC1CCOCC1. The van der Waals surface area contributed by atoms with Crippen molar-refractivity contribution in [2.24, 2.45) is 5.41 Å². The number of thiazole rings is 1. The van der Waals surface area contributed by atoms with Gasteiger partial charge in [-0.05, 0) is 102 Å². The van der Waals surface area contributed by atoms with Gasteiger partial charge in [0.1, 0.15) is 11.6 Å². The smallest absolute Gasteiger partial charge is 0.408 e. The number of pyridine rings is 1. The molecule has 2 aliphatic heterocycles. The van der Waals surface area contributed by atoms with Gasteiger partial charge in [-0.25, -0.2) is 15.2 Å². The van der Waals surface area contributed by atoms with E-state index in [1.807, 2.05) is 25.3 Å². The number of nitrogens with one attached hydrogen (secondary N) is 2. The van der Waals surface area contributed by atoms with E-state index in [1.54, 1.807) is 39.1 Å². The van der Waals surface area contributed by atoms with E-state index in [0.29, 0.717) is 44.3 Å². The molecule has 2 saturated heterocycles. The van der Waals surface area contributed by atoms with E-state index < -0.39 is 23.2 Å². The molecule has 0 radical (unpaired) electrons. The molecule has 0 aliphatic carbocycles. The summed E-state index contributed by atoms with van der Waals surface area (Å²) in [4.78, 5) is 36.7. The van der Waals surface area contributed by atoms with Crippen LogP contribution in [-0.4, -0.2) is 101 Å². The minimum Gasteiger partial charge on any atom is -0.444 e. The van der Waals surface area contributed by atoms with Crippen molar-refractivity contribution in [3.63, 3.8) is 0 Å². The predicted octanol–water partition coefficient (Wildman–Crippen LogP) is 7.24. The van der Waals surface area contributed by atoms with Crippen molar-refractivity contribution in [1.82, 2.24) is 30.3 Å². The third-order valence-corrected chi connectivity index (χ3v) is 11.7. The summed E-state index contributed by atoms with van der Waals surface area (Å²) in [5, 5.41) is 18.8. The Morgan fingerprint density at radius 2 is 1.91 bits per heavy atom. The topological polar surface area (TPSA) is 149 Å². The molecule has 14 heteroatoms. The zero-order valence-electron chi connectivity index (χ0n) is 35.4. The van der Waals surface area contributed by atoms with Crippen LogP contribution in [-0.2, 0) is 43.1 Å². The molecule has 5 heterocycles. The van der Waals surface area contributed by atoms with Gasteiger partial charge >= 0.3 is 6.09 Å². The van der Waals surface area contributed by atoms with Gasteiger partial charge in [0.25, 0.3) is 5.91 Å². The molecule has 316 valence electrons.